The second-order valence-electron chi connectivity index (χ2n) is 11.2. The van der Waals surface area contributed by atoms with Crippen molar-refractivity contribution in [3.63, 3.8) is 0 Å². The van der Waals surface area contributed by atoms with Crippen molar-refractivity contribution < 1.29 is 18.0 Å². The van der Waals surface area contributed by atoms with Crippen molar-refractivity contribution in [2.45, 2.75) is 59.5 Å². The van der Waals surface area contributed by atoms with Crippen LogP contribution in [0, 0.1) is 19.8 Å². The Morgan fingerprint density at radius 3 is 2.21 bits per heavy atom. The zero-order chi connectivity index (χ0) is 30.9. The highest BCUT2D eigenvalue weighted by atomic mass is 79.9. The molecule has 0 aliphatic rings. The zero-order valence-corrected chi connectivity index (χ0v) is 27.5. The third-order valence-electron chi connectivity index (χ3n) is 7.13. The average molecular weight is 657 g/mol. The van der Waals surface area contributed by atoms with Crippen LogP contribution < -0.4 is 9.62 Å². The number of carbonyl (C=O) groups is 2. The van der Waals surface area contributed by atoms with E-state index in [9.17, 15) is 18.0 Å². The SMILES string of the molecule is Cc1ccc(N(CCCC(=O)N(Cc2cccc(Br)c2)[C@@H](Cc2ccccc2)C(=O)NCC(C)C)S(C)(=O)=O)cc1C. The topological polar surface area (TPSA) is 86.8 Å². The van der Waals surface area contributed by atoms with Crippen LogP contribution >= 0.6 is 15.9 Å². The quantitative estimate of drug-likeness (QED) is 0.230. The van der Waals surface area contributed by atoms with Gasteiger partial charge in [-0.3, -0.25) is 13.9 Å². The monoisotopic (exact) mass is 655 g/mol. The minimum absolute atomic E-state index is 0.0909. The molecule has 42 heavy (non-hydrogen) atoms. The first-order chi connectivity index (χ1) is 19.8. The summed E-state index contributed by atoms with van der Waals surface area (Å²) in [5, 5.41) is 3.03. The normalized spacial score (nSPS) is 12.2. The van der Waals surface area contributed by atoms with Crippen LogP contribution in [-0.2, 0) is 32.6 Å². The molecule has 3 aromatic rings. The van der Waals surface area contributed by atoms with Crippen molar-refractivity contribution in [2.24, 2.45) is 5.92 Å². The molecule has 3 rings (SSSR count). The van der Waals surface area contributed by atoms with Gasteiger partial charge >= 0.3 is 0 Å². The molecule has 0 radical (unpaired) electrons. The maximum atomic E-state index is 13.9. The van der Waals surface area contributed by atoms with Crippen LogP contribution in [0.2, 0.25) is 0 Å². The molecule has 0 aliphatic heterocycles. The van der Waals surface area contributed by atoms with E-state index >= 15 is 0 Å². The van der Waals surface area contributed by atoms with Gasteiger partial charge < -0.3 is 10.2 Å². The van der Waals surface area contributed by atoms with Gasteiger partial charge in [-0.25, -0.2) is 8.42 Å². The number of hydrogen-bond donors (Lipinski definition) is 1. The molecule has 3 aromatic carbocycles. The van der Waals surface area contributed by atoms with Crippen molar-refractivity contribution >= 4 is 43.5 Å². The van der Waals surface area contributed by atoms with Gasteiger partial charge in [-0.15, -0.1) is 0 Å². The van der Waals surface area contributed by atoms with Crippen LogP contribution in [0.1, 0.15) is 48.9 Å². The number of nitrogens with one attached hydrogen (secondary N) is 1. The summed E-state index contributed by atoms with van der Waals surface area (Å²) in [7, 11) is -3.57. The highest BCUT2D eigenvalue weighted by Crippen LogP contribution is 2.23. The Labute approximate surface area is 259 Å². The van der Waals surface area contributed by atoms with Crippen molar-refractivity contribution in [2.75, 3.05) is 23.7 Å². The van der Waals surface area contributed by atoms with Crippen LogP contribution in [0.25, 0.3) is 0 Å². The molecule has 0 spiro atoms. The van der Waals surface area contributed by atoms with E-state index in [1.807, 2.05) is 94.4 Å². The van der Waals surface area contributed by atoms with Gasteiger partial charge in [0.15, 0.2) is 0 Å². The number of carbonyl (C=O) groups excluding carboxylic acids is 2. The number of amides is 2. The maximum Gasteiger partial charge on any atom is 0.243 e. The Balaban J connectivity index is 1.89. The second-order valence-corrected chi connectivity index (χ2v) is 14.0. The first-order valence-electron chi connectivity index (χ1n) is 14.3. The van der Waals surface area contributed by atoms with E-state index < -0.39 is 16.1 Å². The van der Waals surface area contributed by atoms with Crippen LogP contribution in [-0.4, -0.2) is 50.5 Å². The van der Waals surface area contributed by atoms with E-state index in [4.69, 9.17) is 0 Å². The Kier molecular flexibility index (Phi) is 12.2. The van der Waals surface area contributed by atoms with E-state index in [0.29, 0.717) is 25.1 Å². The summed E-state index contributed by atoms with van der Waals surface area (Å²) in [5.41, 5.74) is 4.49. The van der Waals surface area contributed by atoms with E-state index in [0.717, 1.165) is 26.7 Å². The number of anilines is 1. The number of nitrogens with zero attached hydrogens (tertiary/aromatic N) is 2. The summed E-state index contributed by atoms with van der Waals surface area (Å²) in [6.07, 6.45) is 1.94. The number of benzene rings is 3. The molecule has 0 saturated heterocycles. The van der Waals surface area contributed by atoms with Gasteiger partial charge in [0.1, 0.15) is 6.04 Å². The molecule has 0 saturated carbocycles. The first-order valence-corrected chi connectivity index (χ1v) is 16.9. The largest absolute Gasteiger partial charge is 0.354 e. The Morgan fingerprint density at radius 2 is 1.60 bits per heavy atom. The smallest absolute Gasteiger partial charge is 0.243 e. The van der Waals surface area contributed by atoms with Gasteiger partial charge in [0.25, 0.3) is 0 Å². The standard InChI is InChI=1S/C33H42BrN3O4S/c1-24(2)22-35-33(39)31(21-27-11-7-6-8-12-27)36(23-28-13-9-14-29(34)20-28)32(38)15-10-18-37(42(5,40)41)30-17-16-25(3)26(4)19-30/h6-9,11-14,16-17,19-20,24,31H,10,15,18,21-23H2,1-5H3,(H,35,39)/t31-/m0/s1. The first kappa shape index (κ1) is 33.3. The summed E-state index contributed by atoms with van der Waals surface area (Å²) in [6.45, 7) is 8.88. The van der Waals surface area contributed by atoms with Crippen LogP contribution in [0.5, 0.6) is 0 Å². The molecule has 0 aromatic heterocycles. The third kappa shape index (κ3) is 9.98. The zero-order valence-electron chi connectivity index (χ0n) is 25.1. The van der Waals surface area contributed by atoms with Crippen molar-refractivity contribution in [1.82, 2.24) is 10.2 Å². The number of rotatable bonds is 14. The fourth-order valence-electron chi connectivity index (χ4n) is 4.69. The van der Waals surface area contributed by atoms with Crippen LogP contribution in [0.15, 0.2) is 77.3 Å². The maximum absolute atomic E-state index is 13.9. The molecule has 2 amide bonds. The summed E-state index contributed by atoms with van der Waals surface area (Å²) in [4.78, 5) is 29.2. The molecular weight excluding hydrogens is 614 g/mol. The molecule has 0 unspecified atom stereocenters. The number of halogens is 1. The number of hydrogen-bond acceptors (Lipinski definition) is 4. The van der Waals surface area contributed by atoms with Gasteiger partial charge in [-0.2, -0.15) is 0 Å². The molecule has 1 N–H and O–H groups in total. The Hall–Kier alpha value is -3.17. The minimum Gasteiger partial charge on any atom is -0.354 e. The lowest BCUT2D eigenvalue weighted by Gasteiger charge is -2.32. The van der Waals surface area contributed by atoms with Crippen LogP contribution in [0.4, 0.5) is 5.69 Å². The molecule has 226 valence electrons. The lowest BCUT2D eigenvalue weighted by molar-refractivity contribution is -0.141. The molecule has 0 aliphatic carbocycles. The molecule has 9 heteroatoms. The highest BCUT2D eigenvalue weighted by molar-refractivity contribution is 9.10. The molecule has 0 fully saturated rings. The molecular formula is C33H42BrN3O4S. The Morgan fingerprint density at radius 1 is 0.905 bits per heavy atom. The van der Waals surface area contributed by atoms with Crippen molar-refractivity contribution in [3.8, 4) is 0 Å². The third-order valence-corrected chi connectivity index (χ3v) is 8.82. The average Bonchev–Trinajstić information content (AvgIpc) is 2.93. The summed E-state index contributed by atoms with van der Waals surface area (Å²) >= 11 is 3.51. The lowest BCUT2D eigenvalue weighted by atomic mass is 10.0. The Bertz CT molecular complexity index is 1460. The minimum atomic E-state index is -3.57. The lowest BCUT2D eigenvalue weighted by Crippen LogP contribution is -2.51. The number of aryl methyl sites for hydroxylation is 2. The summed E-state index contributed by atoms with van der Waals surface area (Å²) in [5.74, 6) is -0.152. The second kappa shape index (κ2) is 15.3. The highest BCUT2D eigenvalue weighted by Gasteiger charge is 2.30. The van der Waals surface area contributed by atoms with E-state index in [1.54, 1.807) is 11.0 Å². The molecule has 0 bridgehead atoms. The molecule has 0 heterocycles. The van der Waals surface area contributed by atoms with E-state index in [1.165, 1.54) is 10.6 Å². The summed E-state index contributed by atoms with van der Waals surface area (Å²) < 4.78 is 27.7. The van der Waals surface area contributed by atoms with Gasteiger partial charge in [0, 0.05) is 36.9 Å². The molecule has 7 nitrogen and oxygen atoms in total. The fraction of sp³-hybridized carbons (Fsp3) is 0.394. The summed E-state index contributed by atoms with van der Waals surface area (Å²) in [6, 6.07) is 22.2. The fourth-order valence-corrected chi connectivity index (χ4v) is 6.10. The predicted octanol–water partition coefficient (Wildman–Crippen LogP) is 6.02. The van der Waals surface area contributed by atoms with Gasteiger partial charge in [-0.1, -0.05) is 78.3 Å². The van der Waals surface area contributed by atoms with E-state index in [-0.39, 0.29) is 37.2 Å². The van der Waals surface area contributed by atoms with Crippen molar-refractivity contribution in [1.29, 1.82) is 0 Å². The van der Waals surface area contributed by atoms with Gasteiger partial charge in [-0.05, 0) is 72.7 Å². The number of sulfonamides is 1. The van der Waals surface area contributed by atoms with Crippen LogP contribution in [0.3, 0.4) is 0 Å². The van der Waals surface area contributed by atoms with Gasteiger partial charge in [0.2, 0.25) is 21.8 Å². The van der Waals surface area contributed by atoms with Gasteiger partial charge in [0.05, 0.1) is 11.9 Å². The predicted molar refractivity (Wildman–Crippen MR) is 174 cm³/mol. The molecule has 1 atom stereocenters. The van der Waals surface area contributed by atoms with Crippen molar-refractivity contribution in [3.05, 3.63) is 99.5 Å². The van der Waals surface area contributed by atoms with E-state index in [2.05, 4.69) is 21.2 Å².